The van der Waals surface area contributed by atoms with E-state index < -0.39 is 10.0 Å². The number of sulfonamides is 1. The van der Waals surface area contributed by atoms with Crippen molar-refractivity contribution in [1.29, 1.82) is 0 Å². The molecule has 0 aliphatic heterocycles. The van der Waals surface area contributed by atoms with Crippen LogP contribution in [0.25, 0.3) is 21.7 Å². The Bertz CT molecular complexity index is 1600. The first-order valence-corrected chi connectivity index (χ1v) is 11.7. The van der Waals surface area contributed by atoms with Crippen molar-refractivity contribution in [2.45, 2.75) is 11.4 Å². The van der Waals surface area contributed by atoms with Crippen LogP contribution in [0.5, 0.6) is 5.88 Å². The van der Waals surface area contributed by atoms with Crippen LogP contribution in [0.4, 0.5) is 11.4 Å². The third-order valence-electron chi connectivity index (χ3n) is 5.58. The van der Waals surface area contributed by atoms with E-state index in [1.165, 1.54) is 6.07 Å². The first kappa shape index (κ1) is 20.7. The van der Waals surface area contributed by atoms with E-state index in [0.29, 0.717) is 22.8 Å². The number of nitrogens with one attached hydrogen (secondary N) is 1. The number of hydrogen-bond donors (Lipinski definition) is 2. The fourth-order valence-corrected chi connectivity index (χ4v) is 5.32. The van der Waals surface area contributed by atoms with Gasteiger partial charge >= 0.3 is 0 Å². The number of aromatic nitrogens is 1. The third-order valence-corrected chi connectivity index (χ3v) is 7.02. The number of aromatic hydroxyl groups is 1. The van der Waals surface area contributed by atoms with E-state index in [0.717, 1.165) is 10.9 Å². The third kappa shape index (κ3) is 3.70. The zero-order valence-electron chi connectivity index (χ0n) is 17.3. The summed E-state index contributed by atoms with van der Waals surface area (Å²) in [5.74, 6) is -0.266. The number of hydrogen-bond acceptors (Lipinski definition) is 5. The van der Waals surface area contributed by atoms with Crippen molar-refractivity contribution >= 4 is 43.1 Å². The second kappa shape index (κ2) is 8.07. The quantitative estimate of drug-likeness (QED) is 0.317. The van der Waals surface area contributed by atoms with Crippen LogP contribution in [0.3, 0.4) is 0 Å². The van der Waals surface area contributed by atoms with Crippen LogP contribution in [-0.2, 0) is 16.6 Å². The molecule has 5 rings (SSSR count). The molecule has 0 aliphatic rings. The molecule has 1 heterocycles. The lowest BCUT2D eigenvalue weighted by Gasteiger charge is -2.11. The Morgan fingerprint density at radius 2 is 1.58 bits per heavy atom. The maximum absolute atomic E-state index is 13.2. The van der Waals surface area contributed by atoms with Gasteiger partial charge in [0.15, 0.2) is 5.69 Å². The topological polar surface area (TPSA) is 101 Å². The molecule has 2 N–H and O–H groups in total. The highest BCUT2D eigenvalue weighted by atomic mass is 32.2. The Balaban J connectivity index is 1.56. The SMILES string of the molecule is O=Nc1c(O)n(Cc2ccccc2)c2ccc(NS(=O)(=O)c3cccc4ccccc34)cc12. The monoisotopic (exact) mass is 457 g/mol. The summed E-state index contributed by atoms with van der Waals surface area (Å²) in [7, 11) is -3.91. The molecule has 0 saturated carbocycles. The molecule has 7 nitrogen and oxygen atoms in total. The van der Waals surface area contributed by atoms with Crippen molar-refractivity contribution in [3.8, 4) is 5.88 Å². The molecule has 0 spiro atoms. The minimum Gasteiger partial charge on any atom is -0.493 e. The van der Waals surface area contributed by atoms with Gasteiger partial charge in [0.05, 0.1) is 17.0 Å². The Morgan fingerprint density at radius 3 is 2.36 bits per heavy atom. The Labute approximate surface area is 189 Å². The summed E-state index contributed by atoms with van der Waals surface area (Å²) in [6.07, 6.45) is 0. The lowest BCUT2D eigenvalue weighted by atomic mass is 10.1. The number of nitroso groups, excluding NO2 is 1. The molecule has 0 saturated heterocycles. The number of rotatable bonds is 6. The molecular formula is C25H19N3O4S. The summed E-state index contributed by atoms with van der Waals surface area (Å²) in [6, 6.07) is 26.6. The van der Waals surface area contributed by atoms with Gasteiger partial charge in [-0.25, -0.2) is 8.42 Å². The lowest BCUT2D eigenvalue weighted by molar-refractivity contribution is 0.430. The van der Waals surface area contributed by atoms with Gasteiger partial charge in [-0.2, -0.15) is 0 Å². The van der Waals surface area contributed by atoms with Crippen LogP contribution < -0.4 is 4.72 Å². The summed E-state index contributed by atoms with van der Waals surface area (Å²) in [5, 5.41) is 15.4. The van der Waals surface area contributed by atoms with Crippen LogP contribution in [0.1, 0.15) is 5.56 Å². The Kier molecular flexibility index (Phi) is 5.07. The minimum absolute atomic E-state index is 0.132. The second-order valence-electron chi connectivity index (χ2n) is 7.65. The molecule has 33 heavy (non-hydrogen) atoms. The van der Waals surface area contributed by atoms with E-state index in [4.69, 9.17) is 0 Å². The highest BCUT2D eigenvalue weighted by Crippen LogP contribution is 2.40. The van der Waals surface area contributed by atoms with Gasteiger partial charge in [0.1, 0.15) is 0 Å². The van der Waals surface area contributed by atoms with E-state index in [-0.39, 0.29) is 22.2 Å². The van der Waals surface area contributed by atoms with Crippen LogP contribution in [-0.4, -0.2) is 18.1 Å². The highest BCUT2D eigenvalue weighted by Gasteiger charge is 2.21. The second-order valence-corrected chi connectivity index (χ2v) is 9.30. The van der Waals surface area contributed by atoms with Crippen molar-refractivity contribution in [3.05, 3.63) is 101 Å². The fraction of sp³-hybridized carbons (Fsp3) is 0.0400. The van der Waals surface area contributed by atoms with Crippen molar-refractivity contribution in [3.63, 3.8) is 0 Å². The molecule has 0 unspecified atom stereocenters. The average molecular weight is 458 g/mol. The van der Waals surface area contributed by atoms with Crippen LogP contribution >= 0.6 is 0 Å². The first-order valence-electron chi connectivity index (χ1n) is 10.2. The Morgan fingerprint density at radius 1 is 0.848 bits per heavy atom. The smallest absolute Gasteiger partial charge is 0.262 e. The number of anilines is 1. The molecule has 0 amide bonds. The summed E-state index contributed by atoms with van der Waals surface area (Å²) in [5.41, 5.74) is 1.63. The molecule has 0 bridgehead atoms. The van der Waals surface area contributed by atoms with Crippen LogP contribution in [0, 0.1) is 4.91 Å². The molecule has 8 heteroatoms. The molecule has 0 radical (unpaired) electrons. The average Bonchev–Trinajstić information content (AvgIpc) is 3.09. The maximum Gasteiger partial charge on any atom is 0.262 e. The molecule has 4 aromatic carbocycles. The van der Waals surface area contributed by atoms with E-state index in [2.05, 4.69) is 9.90 Å². The normalized spacial score (nSPS) is 11.6. The predicted molar refractivity (Wildman–Crippen MR) is 129 cm³/mol. The van der Waals surface area contributed by atoms with E-state index in [9.17, 15) is 18.4 Å². The molecule has 1 aromatic heterocycles. The fourth-order valence-electron chi connectivity index (χ4n) is 4.04. The van der Waals surface area contributed by atoms with Gasteiger partial charge in [-0.15, -0.1) is 4.91 Å². The van der Waals surface area contributed by atoms with Crippen molar-refractivity contribution < 1.29 is 13.5 Å². The summed E-state index contributed by atoms with van der Waals surface area (Å²) >= 11 is 0. The molecule has 164 valence electrons. The largest absolute Gasteiger partial charge is 0.493 e. The van der Waals surface area contributed by atoms with Gasteiger partial charge < -0.3 is 9.67 Å². The molecule has 0 aliphatic carbocycles. The van der Waals surface area contributed by atoms with Gasteiger partial charge in [0.2, 0.25) is 5.88 Å². The Hall–Kier alpha value is -4.17. The standard InChI is InChI=1S/C25H19N3O4S/c29-25-24(26-30)21-15-19(13-14-22(21)28(25)16-17-7-2-1-3-8-17)27-33(31,32)23-12-6-10-18-9-4-5-11-20(18)23/h1-15,27,29H,16H2. The summed E-state index contributed by atoms with van der Waals surface area (Å²) < 4.78 is 30.5. The summed E-state index contributed by atoms with van der Waals surface area (Å²) in [4.78, 5) is 11.7. The van der Waals surface area contributed by atoms with Gasteiger partial charge in [0.25, 0.3) is 10.0 Å². The number of fused-ring (bicyclic) bond motifs is 2. The minimum atomic E-state index is -3.91. The molecule has 0 fully saturated rings. The van der Waals surface area contributed by atoms with Gasteiger partial charge in [0, 0.05) is 16.5 Å². The lowest BCUT2D eigenvalue weighted by Crippen LogP contribution is -2.13. The van der Waals surface area contributed by atoms with Crippen molar-refractivity contribution in [2.75, 3.05) is 4.72 Å². The van der Waals surface area contributed by atoms with Crippen LogP contribution in [0.15, 0.2) is 101 Å². The molecular weight excluding hydrogens is 438 g/mol. The van der Waals surface area contributed by atoms with E-state index in [1.807, 2.05) is 48.5 Å². The number of nitrogens with zero attached hydrogens (tertiary/aromatic N) is 2. The molecule has 0 atom stereocenters. The predicted octanol–water partition coefficient (Wildman–Crippen LogP) is 5.75. The number of benzene rings is 4. The molecule has 5 aromatic rings. The van der Waals surface area contributed by atoms with Gasteiger partial charge in [-0.3, -0.25) is 4.72 Å². The van der Waals surface area contributed by atoms with Crippen molar-refractivity contribution in [2.24, 2.45) is 5.18 Å². The van der Waals surface area contributed by atoms with Crippen molar-refractivity contribution in [1.82, 2.24) is 4.57 Å². The van der Waals surface area contributed by atoms with E-state index in [1.54, 1.807) is 41.0 Å². The zero-order valence-corrected chi connectivity index (χ0v) is 18.2. The zero-order chi connectivity index (χ0) is 23.0. The van der Waals surface area contributed by atoms with Gasteiger partial charge in [-0.05, 0) is 40.4 Å². The first-order chi connectivity index (χ1) is 16.0. The van der Waals surface area contributed by atoms with Crippen LogP contribution in [0.2, 0.25) is 0 Å². The van der Waals surface area contributed by atoms with Gasteiger partial charge in [-0.1, -0.05) is 66.7 Å². The maximum atomic E-state index is 13.2. The summed E-state index contributed by atoms with van der Waals surface area (Å²) in [6.45, 7) is 0.333. The van der Waals surface area contributed by atoms with E-state index >= 15 is 0 Å². The highest BCUT2D eigenvalue weighted by molar-refractivity contribution is 7.93.